The topological polar surface area (TPSA) is 92.4 Å². The molecule has 0 saturated heterocycles. The number of carboxylic acids is 1. The molecule has 2 aromatic heterocycles. The summed E-state index contributed by atoms with van der Waals surface area (Å²) < 4.78 is 1.64. The van der Waals surface area contributed by atoms with E-state index in [-0.39, 0.29) is 5.92 Å². The van der Waals surface area contributed by atoms with E-state index in [1.165, 1.54) is 0 Å². The molecule has 0 aliphatic heterocycles. The van der Waals surface area contributed by atoms with Crippen LogP contribution in [0.15, 0.2) is 24.3 Å². The molecule has 2 N–H and O–H groups in total. The fraction of sp³-hybridized carbons (Fsp3) is 0.375. The molecule has 1 aromatic carbocycles. The zero-order chi connectivity index (χ0) is 16.6. The number of anilines is 1. The van der Waals surface area contributed by atoms with Gasteiger partial charge in [0.15, 0.2) is 17.3 Å². The van der Waals surface area contributed by atoms with Crippen LogP contribution in [-0.4, -0.2) is 36.9 Å². The van der Waals surface area contributed by atoms with E-state index in [0.29, 0.717) is 23.7 Å². The summed E-state index contributed by atoms with van der Waals surface area (Å²) in [5.74, 6) is 0.564. The molecule has 3 aromatic rings. The summed E-state index contributed by atoms with van der Waals surface area (Å²) in [4.78, 5) is 11.5. The third-order valence-corrected chi connectivity index (χ3v) is 3.74. The Kier molecular flexibility index (Phi) is 3.85. The largest absolute Gasteiger partial charge is 0.480 e. The number of fused-ring (bicyclic) bond motifs is 3. The Morgan fingerprint density at radius 1 is 1.26 bits per heavy atom. The number of rotatable bonds is 5. The van der Waals surface area contributed by atoms with Crippen molar-refractivity contribution in [3.63, 3.8) is 0 Å². The van der Waals surface area contributed by atoms with Gasteiger partial charge in [0.05, 0.1) is 0 Å². The number of aromatic nitrogens is 4. The molecule has 1 unspecified atom stereocenters. The first-order valence-electron chi connectivity index (χ1n) is 7.57. The minimum absolute atomic E-state index is 0.259. The number of nitrogens with zero attached hydrogens (tertiary/aromatic N) is 4. The highest BCUT2D eigenvalue weighted by Gasteiger charge is 2.21. The van der Waals surface area contributed by atoms with Gasteiger partial charge >= 0.3 is 5.97 Å². The predicted octanol–water partition coefficient (Wildman–Crippen LogP) is 2.50. The molecule has 3 rings (SSSR count). The van der Waals surface area contributed by atoms with E-state index in [9.17, 15) is 9.90 Å². The predicted molar refractivity (Wildman–Crippen MR) is 87.5 cm³/mol. The van der Waals surface area contributed by atoms with Gasteiger partial charge in [-0.3, -0.25) is 0 Å². The Bertz CT molecular complexity index is 871. The molecule has 2 heterocycles. The number of hydrogen-bond acceptors (Lipinski definition) is 5. The van der Waals surface area contributed by atoms with E-state index in [1.807, 2.05) is 45.0 Å². The molecule has 23 heavy (non-hydrogen) atoms. The van der Waals surface area contributed by atoms with Gasteiger partial charge in [-0.15, -0.1) is 15.3 Å². The van der Waals surface area contributed by atoms with Gasteiger partial charge in [-0.25, -0.2) is 4.79 Å². The minimum atomic E-state index is -0.884. The van der Waals surface area contributed by atoms with E-state index in [0.717, 1.165) is 10.8 Å². The lowest BCUT2D eigenvalue weighted by atomic mass is 10.0. The quantitative estimate of drug-likeness (QED) is 0.752. The third-order valence-electron chi connectivity index (χ3n) is 3.74. The fourth-order valence-electron chi connectivity index (χ4n) is 2.65. The lowest BCUT2D eigenvalue weighted by molar-refractivity contribution is -0.138. The maximum Gasteiger partial charge on any atom is 0.326 e. The molecule has 7 heteroatoms. The monoisotopic (exact) mass is 313 g/mol. The van der Waals surface area contributed by atoms with Gasteiger partial charge in [-0.2, -0.15) is 4.52 Å². The third kappa shape index (κ3) is 2.81. The van der Waals surface area contributed by atoms with Crippen LogP contribution < -0.4 is 5.32 Å². The molecule has 0 spiro atoms. The molecule has 0 saturated carbocycles. The van der Waals surface area contributed by atoms with Crippen molar-refractivity contribution in [3.05, 3.63) is 30.1 Å². The summed E-state index contributed by atoms with van der Waals surface area (Å²) in [5.41, 5.74) is 0.666. The minimum Gasteiger partial charge on any atom is -0.480 e. The smallest absolute Gasteiger partial charge is 0.326 e. The van der Waals surface area contributed by atoms with Crippen LogP contribution in [0.25, 0.3) is 16.4 Å². The average molecular weight is 313 g/mol. The summed E-state index contributed by atoms with van der Waals surface area (Å²) >= 11 is 0. The van der Waals surface area contributed by atoms with Crippen LogP contribution in [0.5, 0.6) is 0 Å². The van der Waals surface area contributed by atoms with Gasteiger partial charge in [0.25, 0.3) is 0 Å². The van der Waals surface area contributed by atoms with Crippen molar-refractivity contribution in [2.75, 3.05) is 5.32 Å². The van der Waals surface area contributed by atoms with E-state index in [2.05, 4.69) is 20.6 Å². The Balaban J connectivity index is 2.14. The first kappa shape index (κ1) is 15.2. The number of hydrogen-bond donors (Lipinski definition) is 2. The summed E-state index contributed by atoms with van der Waals surface area (Å²) in [7, 11) is 0. The van der Waals surface area contributed by atoms with E-state index >= 15 is 0 Å². The van der Waals surface area contributed by atoms with Crippen molar-refractivity contribution < 1.29 is 9.90 Å². The number of carbonyl (C=O) groups is 1. The average Bonchev–Trinajstić information content (AvgIpc) is 2.88. The molecular weight excluding hydrogens is 294 g/mol. The van der Waals surface area contributed by atoms with E-state index in [4.69, 9.17) is 0 Å². The zero-order valence-electron chi connectivity index (χ0n) is 13.3. The Labute approximate surface area is 133 Å². The normalized spacial score (nSPS) is 12.9. The molecule has 120 valence electrons. The summed E-state index contributed by atoms with van der Waals surface area (Å²) in [5, 5.41) is 27.0. The van der Waals surface area contributed by atoms with Crippen molar-refractivity contribution in [2.24, 2.45) is 5.92 Å². The zero-order valence-corrected chi connectivity index (χ0v) is 13.3. The van der Waals surface area contributed by atoms with Crippen LogP contribution in [0, 0.1) is 12.8 Å². The van der Waals surface area contributed by atoms with Gasteiger partial charge in [-0.05, 0) is 19.3 Å². The molecule has 0 bridgehead atoms. The van der Waals surface area contributed by atoms with Crippen molar-refractivity contribution in [2.45, 2.75) is 33.2 Å². The first-order valence-corrected chi connectivity index (χ1v) is 7.57. The van der Waals surface area contributed by atoms with Gasteiger partial charge in [0, 0.05) is 10.8 Å². The summed E-state index contributed by atoms with van der Waals surface area (Å²) in [6, 6.07) is 6.96. The maximum absolute atomic E-state index is 11.5. The fourth-order valence-corrected chi connectivity index (χ4v) is 2.65. The second kappa shape index (κ2) is 5.83. The van der Waals surface area contributed by atoms with Gasteiger partial charge in [-0.1, -0.05) is 38.1 Å². The maximum atomic E-state index is 11.5. The van der Waals surface area contributed by atoms with E-state index in [1.54, 1.807) is 4.52 Å². The van der Waals surface area contributed by atoms with Crippen LogP contribution in [0.2, 0.25) is 0 Å². The van der Waals surface area contributed by atoms with Crippen LogP contribution in [0.4, 0.5) is 5.82 Å². The van der Waals surface area contributed by atoms with Crippen LogP contribution in [-0.2, 0) is 4.79 Å². The molecule has 0 fully saturated rings. The number of aliphatic carboxylic acids is 1. The van der Waals surface area contributed by atoms with Crippen molar-refractivity contribution in [1.82, 2.24) is 19.8 Å². The summed E-state index contributed by atoms with van der Waals surface area (Å²) in [6.07, 6.45) is 0.518. The standard InChI is InChI=1S/C16H19N5O2/c1-9(2)8-13(16(22)23)17-14-11-6-4-5-7-12(11)15-19-18-10(3)21(15)20-14/h4-7,9,13H,8H2,1-3H3,(H,17,20)(H,22,23). The van der Waals surface area contributed by atoms with Crippen molar-refractivity contribution in [1.29, 1.82) is 0 Å². The van der Waals surface area contributed by atoms with Crippen molar-refractivity contribution >= 4 is 28.2 Å². The SMILES string of the molecule is Cc1nnc2c3ccccc3c(NC(CC(C)C)C(=O)O)nn12. The lowest BCUT2D eigenvalue weighted by Gasteiger charge is -2.18. The number of benzene rings is 1. The first-order chi connectivity index (χ1) is 11.0. The van der Waals surface area contributed by atoms with Gasteiger partial charge < -0.3 is 10.4 Å². The Hall–Kier alpha value is -2.70. The van der Waals surface area contributed by atoms with E-state index < -0.39 is 12.0 Å². The molecule has 0 amide bonds. The molecule has 0 radical (unpaired) electrons. The van der Waals surface area contributed by atoms with Crippen LogP contribution >= 0.6 is 0 Å². The second-order valence-electron chi connectivity index (χ2n) is 6.04. The van der Waals surface area contributed by atoms with Gasteiger partial charge in [0.2, 0.25) is 0 Å². The Morgan fingerprint density at radius 2 is 1.96 bits per heavy atom. The summed E-state index contributed by atoms with van der Waals surface area (Å²) in [6.45, 7) is 5.81. The van der Waals surface area contributed by atoms with Crippen LogP contribution in [0.1, 0.15) is 26.1 Å². The number of carboxylic acid groups (broad SMARTS) is 1. The molecule has 0 aliphatic rings. The van der Waals surface area contributed by atoms with Gasteiger partial charge in [0.1, 0.15) is 6.04 Å². The highest BCUT2D eigenvalue weighted by molar-refractivity contribution is 6.00. The van der Waals surface area contributed by atoms with Crippen molar-refractivity contribution in [3.8, 4) is 0 Å². The second-order valence-corrected chi connectivity index (χ2v) is 6.04. The molecule has 1 atom stereocenters. The number of nitrogens with one attached hydrogen (secondary N) is 1. The molecule has 0 aliphatic carbocycles. The lowest BCUT2D eigenvalue weighted by Crippen LogP contribution is -2.31. The Morgan fingerprint density at radius 3 is 2.61 bits per heavy atom. The number of aryl methyl sites for hydroxylation is 1. The van der Waals surface area contributed by atoms with Crippen LogP contribution in [0.3, 0.4) is 0 Å². The molecular formula is C16H19N5O2. The molecule has 7 nitrogen and oxygen atoms in total. The highest BCUT2D eigenvalue weighted by Crippen LogP contribution is 2.25. The highest BCUT2D eigenvalue weighted by atomic mass is 16.4.